The fourth-order valence-corrected chi connectivity index (χ4v) is 3.42. The zero-order valence-corrected chi connectivity index (χ0v) is 23.2. The van der Waals surface area contributed by atoms with E-state index in [1.807, 2.05) is 0 Å². The van der Waals surface area contributed by atoms with Gasteiger partial charge in [-0.1, -0.05) is 26.0 Å². The number of nitrogens with zero attached hydrogens (tertiary/aromatic N) is 2. The summed E-state index contributed by atoms with van der Waals surface area (Å²) in [5.74, 6) is -1.60. The Kier molecular flexibility index (Phi) is 10.6. The smallest absolute Gasteiger partial charge is 0.444 e. The molecule has 0 unspecified atom stereocenters. The third-order valence-electron chi connectivity index (χ3n) is 5.46. The van der Waals surface area contributed by atoms with E-state index >= 15 is 0 Å². The molecule has 2 aromatic rings. The zero-order chi connectivity index (χ0) is 30.2. The number of anilines is 1. The lowest BCUT2D eigenvalue weighted by Crippen LogP contribution is -2.56. The average Bonchev–Trinajstić information content (AvgIpc) is 2.85. The first-order valence-corrected chi connectivity index (χ1v) is 12.4. The second kappa shape index (κ2) is 13.4. The van der Waals surface area contributed by atoms with Crippen molar-refractivity contribution >= 4 is 35.4 Å². The zero-order valence-electron chi connectivity index (χ0n) is 23.2. The van der Waals surface area contributed by atoms with Crippen LogP contribution in [-0.2, 0) is 25.7 Å². The number of ether oxygens (including phenoxy) is 3. The Morgan fingerprint density at radius 2 is 1.57 bits per heavy atom. The van der Waals surface area contributed by atoms with E-state index in [0.717, 1.165) is 0 Å². The van der Waals surface area contributed by atoms with Crippen molar-refractivity contribution in [3.63, 3.8) is 0 Å². The first-order valence-electron chi connectivity index (χ1n) is 12.4. The van der Waals surface area contributed by atoms with Crippen LogP contribution in [0.15, 0.2) is 48.5 Å². The number of alkyl carbamates (subject to hydrolysis) is 1. The summed E-state index contributed by atoms with van der Waals surface area (Å²) < 4.78 is 15.4. The molecule has 0 aliphatic carbocycles. The molecule has 0 spiro atoms. The van der Waals surface area contributed by atoms with Gasteiger partial charge in [0, 0.05) is 17.8 Å². The highest BCUT2D eigenvalue weighted by molar-refractivity contribution is 6.03. The van der Waals surface area contributed by atoms with Crippen LogP contribution in [0.3, 0.4) is 0 Å². The third-order valence-corrected chi connectivity index (χ3v) is 5.46. The molecular formula is C27H34N4O9. The molecule has 13 nitrogen and oxygen atoms in total. The first kappa shape index (κ1) is 31.5. The van der Waals surface area contributed by atoms with Gasteiger partial charge in [-0.25, -0.2) is 9.59 Å². The Hall–Kier alpha value is -4.68. The lowest BCUT2D eigenvalue weighted by atomic mass is 10.0. The molecule has 2 atom stereocenters. The van der Waals surface area contributed by atoms with Crippen LogP contribution in [0.4, 0.5) is 21.0 Å². The molecule has 3 amide bonds. The van der Waals surface area contributed by atoms with Gasteiger partial charge in [0.15, 0.2) is 0 Å². The van der Waals surface area contributed by atoms with Crippen molar-refractivity contribution in [3.8, 4) is 5.75 Å². The molecule has 2 rings (SSSR count). The number of hydrogen-bond acceptors (Lipinski definition) is 9. The lowest BCUT2D eigenvalue weighted by molar-refractivity contribution is -0.384. The van der Waals surface area contributed by atoms with Crippen molar-refractivity contribution in [2.24, 2.45) is 11.7 Å². The largest absolute Gasteiger partial charge is 0.514 e. The van der Waals surface area contributed by atoms with Gasteiger partial charge >= 0.3 is 12.2 Å². The van der Waals surface area contributed by atoms with Gasteiger partial charge in [0.25, 0.3) is 11.6 Å². The molecule has 3 N–H and O–H groups in total. The molecule has 2 aromatic carbocycles. The summed E-state index contributed by atoms with van der Waals surface area (Å²) >= 11 is 0. The summed E-state index contributed by atoms with van der Waals surface area (Å²) in [4.78, 5) is 61.4. The SMILES string of the molecule is CC(C)[C@H](NC(=O)OC(C)(C)C)C(=O)N(c1ccc(COC(=O)Oc2ccc([N+](=O)[O-])cc2)cc1)[C@@H](C)C(N)=O. The Morgan fingerprint density at radius 3 is 2.05 bits per heavy atom. The quantitative estimate of drug-likeness (QED) is 0.188. The number of benzene rings is 2. The van der Waals surface area contributed by atoms with Crippen LogP contribution in [0.1, 0.15) is 47.1 Å². The van der Waals surface area contributed by atoms with Crippen LogP contribution in [-0.4, -0.2) is 46.7 Å². The fraction of sp³-hybridized carbons (Fsp3) is 0.407. The Labute approximate surface area is 231 Å². The van der Waals surface area contributed by atoms with Gasteiger partial charge in [-0.2, -0.15) is 0 Å². The van der Waals surface area contributed by atoms with Crippen molar-refractivity contribution in [2.45, 2.75) is 65.8 Å². The van der Waals surface area contributed by atoms with Crippen LogP contribution in [0, 0.1) is 16.0 Å². The van der Waals surface area contributed by atoms with Crippen LogP contribution in [0.2, 0.25) is 0 Å². The van der Waals surface area contributed by atoms with E-state index in [1.165, 1.54) is 36.1 Å². The average molecular weight is 559 g/mol. The van der Waals surface area contributed by atoms with Crippen LogP contribution in [0.5, 0.6) is 5.75 Å². The Morgan fingerprint density at radius 1 is 1.00 bits per heavy atom. The maximum Gasteiger partial charge on any atom is 0.514 e. The molecule has 40 heavy (non-hydrogen) atoms. The number of carbonyl (C=O) groups is 4. The van der Waals surface area contributed by atoms with E-state index in [1.54, 1.807) is 58.9 Å². The normalized spacial score (nSPS) is 12.6. The minimum absolute atomic E-state index is 0.0697. The molecule has 0 bridgehead atoms. The predicted octanol–water partition coefficient (Wildman–Crippen LogP) is 4.07. The standard InChI is InChI=1S/C27H34N4O9/c1-16(2)22(29-25(34)40-27(4,5)6)24(33)30(17(3)23(28)32)19-9-7-18(8-10-19)15-38-26(35)39-21-13-11-20(12-14-21)31(36)37/h7-14,16-17,22H,15H2,1-6H3,(H2,28,32)(H,29,34)/t17-,22-/m0/s1. The maximum atomic E-state index is 13.6. The molecule has 0 saturated carbocycles. The van der Waals surface area contributed by atoms with Crippen LogP contribution >= 0.6 is 0 Å². The monoisotopic (exact) mass is 558 g/mol. The highest BCUT2D eigenvalue weighted by Gasteiger charge is 2.35. The minimum atomic E-state index is -1.05. The summed E-state index contributed by atoms with van der Waals surface area (Å²) in [6.45, 7) is 9.85. The van der Waals surface area contributed by atoms with E-state index in [0.29, 0.717) is 11.3 Å². The van der Waals surface area contributed by atoms with Gasteiger partial charge in [-0.05, 0) is 63.4 Å². The van der Waals surface area contributed by atoms with E-state index < -0.39 is 46.7 Å². The highest BCUT2D eigenvalue weighted by Crippen LogP contribution is 2.23. The molecule has 13 heteroatoms. The molecule has 0 radical (unpaired) electrons. The number of nitrogens with two attached hydrogens (primary N) is 1. The minimum Gasteiger partial charge on any atom is -0.444 e. The molecule has 216 valence electrons. The van der Waals surface area contributed by atoms with Gasteiger partial charge in [0.2, 0.25) is 5.91 Å². The summed E-state index contributed by atoms with van der Waals surface area (Å²) in [5, 5.41) is 13.3. The molecule has 0 aromatic heterocycles. The molecule has 0 saturated heterocycles. The number of non-ortho nitro benzene ring substituents is 1. The van der Waals surface area contributed by atoms with E-state index in [-0.39, 0.29) is 24.0 Å². The van der Waals surface area contributed by atoms with E-state index in [2.05, 4.69) is 5.32 Å². The second-order valence-corrected chi connectivity index (χ2v) is 10.2. The van der Waals surface area contributed by atoms with Gasteiger partial charge in [-0.15, -0.1) is 0 Å². The topological polar surface area (TPSA) is 180 Å². The Balaban J connectivity index is 2.14. The summed E-state index contributed by atoms with van der Waals surface area (Å²) in [7, 11) is 0. The molecule has 0 fully saturated rings. The molecule has 0 heterocycles. The third kappa shape index (κ3) is 9.26. The Bertz CT molecular complexity index is 1220. The number of amides is 3. The molecule has 0 aliphatic rings. The van der Waals surface area contributed by atoms with Gasteiger partial charge < -0.3 is 25.3 Å². The lowest BCUT2D eigenvalue weighted by Gasteiger charge is -2.33. The number of hydrogen-bond donors (Lipinski definition) is 2. The number of rotatable bonds is 10. The number of nitrogens with one attached hydrogen (secondary N) is 1. The van der Waals surface area contributed by atoms with Crippen LogP contribution < -0.4 is 20.7 Å². The summed E-state index contributed by atoms with van der Waals surface area (Å²) in [6.07, 6.45) is -1.80. The maximum absolute atomic E-state index is 13.6. The van der Waals surface area contributed by atoms with E-state index in [9.17, 15) is 29.3 Å². The van der Waals surface area contributed by atoms with E-state index in [4.69, 9.17) is 19.9 Å². The first-order chi connectivity index (χ1) is 18.6. The van der Waals surface area contributed by atoms with Crippen molar-refractivity contribution in [3.05, 3.63) is 64.2 Å². The fourth-order valence-electron chi connectivity index (χ4n) is 3.42. The van der Waals surface area contributed by atoms with Crippen LogP contribution in [0.25, 0.3) is 0 Å². The van der Waals surface area contributed by atoms with Crippen molar-refractivity contribution < 1.29 is 38.3 Å². The summed E-state index contributed by atoms with van der Waals surface area (Å²) in [5.41, 5.74) is 5.45. The van der Waals surface area contributed by atoms with Gasteiger partial charge in [0.1, 0.15) is 30.0 Å². The number of nitro groups is 1. The number of carbonyl (C=O) groups excluding carboxylic acids is 4. The molecular weight excluding hydrogens is 524 g/mol. The van der Waals surface area contributed by atoms with Crippen molar-refractivity contribution in [1.82, 2.24) is 5.32 Å². The number of primary amides is 1. The van der Waals surface area contributed by atoms with Crippen molar-refractivity contribution in [1.29, 1.82) is 0 Å². The van der Waals surface area contributed by atoms with Gasteiger partial charge in [-0.3, -0.25) is 24.6 Å². The second-order valence-electron chi connectivity index (χ2n) is 10.2. The number of nitro benzene ring substituents is 1. The molecule has 0 aliphatic heterocycles. The highest BCUT2D eigenvalue weighted by atomic mass is 16.7. The van der Waals surface area contributed by atoms with Crippen molar-refractivity contribution in [2.75, 3.05) is 4.90 Å². The van der Waals surface area contributed by atoms with Gasteiger partial charge in [0.05, 0.1) is 4.92 Å². The predicted molar refractivity (Wildman–Crippen MR) is 144 cm³/mol. The summed E-state index contributed by atoms with van der Waals surface area (Å²) in [6, 6.07) is 9.08.